The highest BCUT2D eigenvalue weighted by Crippen LogP contribution is 2.17. The summed E-state index contributed by atoms with van der Waals surface area (Å²) < 4.78 is 0. The van der Waals surface area contributed by atoms with Crippen molar-refractivity contribution >= 4 is 23.2 Å². The minimum Gasteiger partial charge on any atom is -0.508 e. The normalized spacial score (nSPS) is 10.4. The number of nitrogens with one attached hydrogen (secondary N) is 2. The quantitative estimate of drug-likeness (QED) is 0.560. The van der Waals surface area contributed by atoms with Crippen LogP contribution >= 0.6 is 11.6 Å². The second kappa shape index (κ2) is 9.10. The van der Waals surface area contributed by atoms with Crippen LogP contribution in [-0.4, -0.2) is 17.6 Å². The molecule has 0 spiro atoms. The largest absolute Gasteiger partial charge is 0.508 e. The number of rotatable bonds is 7. The number of phenols is 1. The number of amides is 1. The zero-order chi connectivity index (χ0) is 19.1. The average molecular weight is 381 g/mol. The van der Waals surface area contributed by atoms with Gasteiger partial charge in [0.15, 0.2) is 0 Å². The van der Waals surface area contributed by atoms with E-state index in [-0.39, 0.29) is 11.7 Å². The number of hydrogen-bond donors (Lipinski definition) is 3. The number of carbonyl (C=O) groups is 1. The van der Waals surface area contributed by atoms with Crippen molar-refractivity contribution in [1.29, 1.82) is 0 Å². The zero-order valence-corrected chi connectivity index (χ0v) is 15.5. The van der Waals surface area contributed by atoms with Crippen molar-refractivity contribution in [2.24, 2.45) is 0 Å². The lowest BCUT2D eigenvalue weighted by Gasteiger charge is -2.12. The van der Waals surface area contributed by atoms with Crippen molar-refractivity contribution in [2.45, 2.75) is 13.0 Å². The van der Waals surface area contributed by atoms with Gasteiger partial charge in [-0.2, -0.15) is 0 Å². The monoisotopic (exact) mass is 380 g/mol. The Balaban J connectivity index is 1.57. The number of carbonyl (C=O) groups excluding carboxylic acids is 1. The van der Waals surface area contributed by atoms with E-state index in [4.69, 9.17) is 11.6 Å². The van der Waals surface area contributed by atoms with E-state index in [1.165, 1.54) is 0 Å². The van der Waals surface area contributed by atoms with Gasteiger partial charge in [0.1, 0.15) is 5.75 Å². The zero-order valence-electron chi connectivity index (χ0n) is 14.8. The Morgan fingerprint density at radius 1 is 0.889 bits per heavy atom. The number of hydrogen-bond acceptors (Lipinski definition) is 3. The van der Waals surface area contributed by atoms with Gasteiger partial charge in [0.2, 0.25) is 0 Å². The maximum atomic E-state index is 12.6. The van der Waals surface area contributed by atoms with Crippen LogP contribution in [0.2, 0.25) is 5.02 Å². The number of halogens is 1. The highest BCUT2D eigenvalue weighted by molar-refractivity contribution is 6.30. The summed E-state index contributed by atoms with van der Waals surface area (Å²) in [4.78, 5) is 12.6. The number of benzene rings is 3. The van der Waals surface area contributed by atoms with Crippen LogP contribution in [0.3, 0.4) is 0 Å². The Labute approximate surface area is 163 Å². The van der Waals surface area contributed by atoms with Gasteiger partial charge in [-0.05, 0) is 53.9 Å². The second-order valence-corrected chi connectivity index (χ2v) is 6.63. The molecule has 3 aromatic rings. The molecule has 0 saturated carbocycles. The van der Waals surface area contributed by atoms with Gasteiger partial charge in [-0.3, -0.25) is 4.79 Å². The molecule has 0 aliphatic carbocycles. The fourth-order valence-corrected chi connectivity index (χ4v) is 2.84. The van der Waals surface area contributed by atoms with Gasteiger partial charge in [-0.15, -0.1) is 0 Å². The van der Waals surface area contributed by atoms with E-state index in [0.717, 1.165) is 23.2 Å². The fourth-order valence-electron chi connectivity index (χ4n) is 2.71. The predicted octanol–water partition coefficient (Wildman–Crippen LogP) is 4.63. The molecule has 0 atom stereocenters. The molecule has 1 amide bonds. The molecule has 5 heteroatoms. The topological polar surface area (TPSA) is 61.4 Å². The van der Waals surface area contributed by atoms with Gasteiger partial charge in [0.05, 0.1) is 5.56 Å². The maximum Gasteiger partial charge on any atom is 0.253 e. The summed E-state index contributed by atoms with van der Waals surface area (Å²) in [6.07, 6.45) is 0.742. The van der Waals surface area contributed by atoms with Crippen LogP contribution in [0.4, 0.5) is 5.69 Å². The van der Waals surface area contributed by atoms with Gasteiger partial charge in [-0.1, -0.05) is 48.0 Å². The Morgan fingerprint density at radius 3 is 2.30 bits per heavy atom. The standard InChI is InChI=1S/C22H21ClN2O2/c23-18-9-5-16(6-10-18)13-14-24-22(27)20-3-1-2-4-21(20)25-15-17-7-11-19(26)12-8-17/h1-12,25-26H,13-15H2,(H,24,27). The molecule has 0 unspecified atom stereocenters. The Hall–Kier alpha value is -2.98. The molecule has 0 heterocycles. The van der Waals surface area contributed by atoms with Crippen LogP contribution in [0, 0.1) is 0 Å². The van der Waals surface area contributed by atoms with Crippen molar-refractivity contribution < 1.29 is 9.90 Å². The first-order valence-electron chi connectivity index (χ1n) is 8.75. The van der Waals surface area contributed by atoms with Crippen LogP contribution < -0.4 is 10.6 Å². The van der Waals surface area contributed by atoms with Crippen LogP contribution in [0.25, 0.3) is 0 Å². The van der Waals surface area contributed by atoms with E-state index in [1.54, 1.807) is 18.2 Å². The second-order valence-electron chi connectivity index (χ2n) is 6.20. The first-order valence-corrected chi connectivity index (χ1v) is 9.13. The number of anilines is 1. The van der Waals surface area contributed by atoms with Gasteiger partial charge < -0.3 is 15.7 Å². The van der Waals surface area contributed by atoms with E-state index in [0.29, 0.717) is 23.7 Å². The van der Waals surface area contributed by atoms with E-state index in [2.05, 4.69) is 10.6 Å². The summed E-state index contributed by atoms with van der Waals surface area (Å²) in [6, 6.07) is 22.0. The van der Waals surface area contributed by atoms with E-state index in [1.807, 2.05) is 54.6 Å². The molecular formula is C22H21ClN2O2. The Kier molecular flexibility index (Phi) is 6.34. The van der Waals surface area contributed by atoms with Gasteiger partial charge in [-0.25, -0.2) is 0 Å². The SMILES string of the molecule is O=C(NCCc1ccc(Cl)cc1)c1ccccc1NCc1ccc(O)cc1. The van der Waals surface area contributed by atoms with Crippen LogP contribution in [0.15, 0.2) is 72.8 Å². The van der Waals surface area contributed by atoms with Crippen molar-refractivity contribution in [3.8, 4) is 5.75 Å². The molecular weight excluding hydrogens is 360 g/mol. The lowest BCUT2D eigenvalue weighted by atomic mass is 10.1. The van der Waals surface area contributed by atoms with Crippen molar-refractivity contribution in [2.75, 3.05) is 11.9 Å². The first-order chi connectivity index (χ1) is 13.1. The van der Waals surface area contributed by atoms with Crippen LogP contribution in [0.5, 0.6) is 5.75 Å². The molecule has 0 radical (unpaired) electrons. The Morgan fingerprint density at radius 2 is 1.56 bits per heavy atom. The predicted molar refractivity (Wildman–Crippen MR) is 109 cm³/mol. The summed E-state index contributed by atoms with van der Waals surface area (Å²) in [5, 5.41) is 16.3. The van der Waals surface area contributed by atoms with Gasteiger partial charge >= 0.3 is 0 Å². The number of aromatic hydroxyl groups is 1. The molecule has 138 valence electrons. The van der Waals surface area contributed by atoms with Crippen LogP contribution in [-0.2, 0) is 13.0 Å². The Bertz CT molecular complexity index is 893. The summed E-state index contributed by atoms with van der Waals surface area (Å²) in [7, 11) is 0. The van der Waals surface area contributed by atoms with Gasteiger partial charge in [0.25, 0.3) is 5.91 Å². The molecule has 0 bridgehead atoms. The summed E-state index contributed by atoms with van der Waals surface area (Å²) in [6.45, 7) is 1.11. The van der Waals surface area contributed by atoms with Gasteiger partial charge in [0, 0.05) is 23.8 Å². The molecule has 3 rings (SSSR count). The first kappa shape index (κ1) is 18.8. The number of para-hydroxylation sites is 1. The lowest BCUT2D eigenvalue weighted by Crippen LogP contribution is -2.26. The van der Waals surface area contributed by atoms with E-state index < -0.39 is 0 Å². The molecule has 0 fully saturated rings. The number of phenolic OH excluding ortho intramolecular Hbond substituents is 1. The summed E-state index contributed by atoms with van der Waals surface area (Å²) in [5.41, 5.74) is 3.52. The van der Waals surface area contributed by atoms with E-state index in [9.17, 15) is 9.90 Å². The molecule has 4 nitrogen and oxygen atoms in total. The molecule has 27 heavy (non-hydrogen) atoms. The smallest absolute Gasteiger partial charge is 0.253 e. The minimum atomic E-state index is -0.113. The third-order valence-corrected chi connectivity index (χ3v) is 4.46. The molecule has 3 N–H and O–H groups in total. The van der Waals surface area contributed by atoms with E-state index >= 15 is 0 Å². The highest BCUT2D eigenvalue weighted by atomic mass is 35.5. The van der Waals surface area contributed by atoms with Crippen molar-refractivity contribution in [3.63, 3.8) is 0 Å². The maximum absolute atomic E-state index is 12.6. The molecule has 3 aromatic carbocycles. The summed E-state index contributed by atoms with van der Waals surface area (Å²) >= 11 is 5.89. The molecule has 0 aliphatic rings. The lowest BCUT2D eigenvalue weighted by molar-refractivity contribution is 0.0955. The van der Waals surface area contributed by atoms with Crippen molar-refractivity contribution in [3.05, 3.63) is 94.5 Å². The molecule has 0 saturated heterocycles. The minimum absolute atomic E-state index is 0.113. The highest BCUT2D eigenvalue weighted by Gasteiger charge is 2.10. The molecule has 0 aliphatic heterocycles. The molecule has 0 aromatic heterocycles. The van der Waals surface area contributed by atoms with Crippen molar-refractivity contribution in [1.82, 2.24) is 5.32 Å². The average Bonchev–Trinajstić information content (AvgIpc) is 2.69. The fraction of sp³-hybridized carbons (Fsp3) is 0.136. The third-order valence-electron chi connectivity index (χ3n) is 4.20. The third kappa shape index (κ3) is 5.50. The summed E-state index contributed by atoms with van der Waals surface area (Å²) in [5.74, 6) is 0.122. The van der Waals surface area contributed by atoms with Crippen LogP contribution in [0.1, 0.15) is 21.5 Å².